The maximum Gasteiger partial charge on any atom is 0.250 e. The van der Waals surface area contributed by atoms with Crippen LogP contribution in [0.4, 0.5) is 0 Å². The maximum absolute atomic E-state index is 12.0. The summed E-state index contributed by atoms with van der Waals surface area (Å²) in [7, 11) is 1.94. The molecular formula is C17H18N4O2. The van der Waals surface area contributed by atoms with Crippen molar-refractivity contribution >= 4 is 16.9 Å². The number of hydrogen-bond donors (Lipinski definition) is 1. The van der Waals surface area contributed by atoms with Crippen molar-refractivity contribution in [2.45, 2.75) is 20.0 Å². The van der Waals surface area contributed by atoms with Crippen LogP contribution in [-0.2, 0) is 24.9 Å². The Morgan fingerprint density at radius 1 is 1.22 bits per heavy atom. The Morgan fingerprint density at radius 2 is 2.04 bits per heavy atom. The molecule has 0 aliphatic heterocycles. The molecule has 23 heavy (non-hydrogen) atoms. The van der Waals surface area contributed by atoms with Gasteiger partial charge < -0.3 is 14.5 Å². The van der Waals surface area contributed by atoms with E-state index in [1.165, 1.54) is 10.6 Å². The Balaban J connectivity index is 1.72. The van der Waals surface area contributed by atoms with Gasteiger partial charge in [0.2, 0.25) is 5.91 Å². The van der Waals surface area contributed by atoms with Crippen LogP contribution in [0.2, 0.25) is 0 Å². The second-order valence-corrected chi connectivity index (χ2v) is 5.47. The van der Waals surface area contributed by atoms with Crippen LogP contribution in [0.25, 0.3) is 11.0 Å². The number of rotatable bonds is 4. The predicted molar refractivity (Wildman–Crippen MR) is 88.0 cm³/mol. The molecule has 3 aromatic rings. The van der Waals surface area contributed by atoms with Crippen LogP contribution in [0.1, 0.15) is 11.4 Å². The lowest BCUT2D eigenvalue weighted by Gasteiger charge is -2.07. The van der Waals surface area contributed by atoms with Gasteiger partial charge in [0.1, 0.15) is 12.4 Å². The second-order valence-electron chi connectivity index (χ2n) is 5.47. The fourth-order valence-electron chi connectivity index (χ4n) is 2.65. The molecule has 0 spiro atoms. The largest absolute Gasteiger partial charge is 0.347 e. The highest BCUT2D eigenvalue weighted by atomic mass is 16.2. The summed E-state index contributed by atoms with van der Waals surface area (Å²) < 4.78 is 3.36. The van der Waals surface area contributed by atoms with Crippen molar-refractivity contribution in [3.63, 3.8) is 0 Å². The fourth-order valence-corrected chi connectivity index (χ4v) is 2.65. The highest BCUT2D eigenvalue weighted by Gasteiger charge is 2.11. The van der Waals surface area contributed by atoms with Crippen LogP contribution >= 0.6 is 0 Å². The molecule has 2 heterocycles. The second kappa shape index (κ2) is 6.08. The minimum Gasteiger partial charge on any atom is -0.347 e. The van der Waals surface area contributed by atoms with Crippen molar-refractivity contribution in [3.05, 3.63) is 64.3 Å². The molecule has 118 valence electrons. The molecule has 6 nitrogen and oxygen atoms in total. The van der Waals surface area contributed by atoms with E-state index in [9.17, 15) is 9.59 Å². The minimum absolute atomic E-state index is 0.00262. The summed E-state index contributed by atoms with van der Waals surface area (Å²) in [5.41, 5.74) is 2.93. The third-order valence-corrected chi connectivity index (χ3v) is 3.85. The SMILES string of the molecule is Cc1cccc2nc(CNC(=O)Cn3ccccc3=O)n(C)c12. The third kappa shape index (κ3) is 3.01. The molecule has 3 rings (SSSR count). The number of nitrogens with zero attached hydrogens (tertiary/aromatic N) is 3. The van der Waals surface area contributed by atoms with E-state index in [0.717, 1.165) is 22.4 Å². The van der Waals surface area contributed by atoms with Gasteiger partial charge in [0.05, 0.1) is 17.6 Å². The van der Waals surface area contributed by atoms with Crippen molar-refractivity contribution < 1.29 is 4.79 Å². The van der Waals surface area contributed by atoms with E-state index in [2.05, 4.69) is 10.3 Å². The van der Waals surface area contributed by atoms with Gasteiger partial charge in [-0.25, -0.2) is 4.98 Å². The molecule has 0 fully saturated rings. The Morgan fingerprint density at radius 3 is 2.78 bits per heavy atom. The molecule has 1 amide bonds. The van der Waals surface area contributed by atoms with Crippen LogP contribution in [0.3, 0.4) is 0 Å². The van der Waals surface area contributed by atoms with E-state index in [1.54, 1.807) is 18.3 Å². The van der Waals surface area contributed by atoms with E-state index >= 15 is 0 Å². The molecule has 0 atom stereocenters. The van der Waals surface area contributed by atoms with E-state index in [-0.39, 0.29) is 18.0 Å². The molecule has 0 saturated heterocycles. The number of carbonyl (C=O) groups excluding carboxylic acids is 1. The molecule has 6 heteroatoms. The normalized spacial score (nSPS) is 10.9. The Labute approximate surface area is 133 Å². The van der Waals surface area contributed by atoms with Gasteiger partial charge >= 0.3 is 0 Å². The van der Waals surface area contributed by atoms with E-state index in [0.29, 0.717) is 6.54 Å². The molecule has 0 aliphatic carbocycles. The van der Waals surface area contributed by atoms with Gasteiger partial charge in [-0.2, -0.15) is 0 Å². The van der Waals surface area contributed by atoms with Gasteiger partial charge in [0.25, 0.3) is 5.56 Å². The van der Waals surface area contributed by atoms with Crippen molar-refractivity contribution in [3.8, 4) is 0 Å². The number of fused-ring (bicyclic) bond motifs is 1. The van der Waals surface area contributed by atoms with E-state index in [1.807, 2.05) is 36.7 Å². The highest BCUT2D eigenvalue weighted by molar-refractivity contribution is 5.80. The summed E-state index contributed by atoms with van der Waals surface area (Å²) in [5, 5.41) is 2.81. The number of imidazole rings is 1. The fraction of sp³-hybridized carbons (Fsp3) is 0.235. The molecule has 2 aromatic heterocycles. The molecule has 0 saturated carbocycles. The third-order valence-electron chi connectivity index (χ3n) is 3.85. The monoisotopic (exact) mass is 310 g/mol. The number of pyridine rings is 1. The molecular weight excluding hydrogens is 292 g/mol. The van der Waals surface area contributed by atoms with Crippen LogP contribution in [0.5, 0.6) is 0 Å². The zero-order valence-corrected chi connectivity index (χ0v) is 13.1. The lowest BCUT2D eigenvalue weighted by atomic mass is 10.2. The first-order chi connectivity index (χ1) is 11.1. The van der Waals surface area contributed by atoms with Gasteiger partial charge in [0.15, 0.2) is 0 Å². The molecule has 0 radical (unpaired) electrons. The van der Waals surface area contributed by atoms with Crippen molar-refractivity contribution in [2.24, 2.45) is 7.05 Å². The molecule has 1 N–H and O–H groups in total. The van der Waals surface area contributed by atoms with Crippen molar-refractivity contribution in [1.29, 1.82) is 0 Å². The van der Waals surface area contributed by atoms with Crippen molar-refractivity contribution in [2.75, 3.05) is 0 Å². The maximum atomic E-state index is 12.0. The molecule has 0 aliphatic rings. The summed E-state index contributed by atoms with van der Waals surface area (Å²) in [6.07, 6.45) is 1.60. The highest BCUT2D eigenvalue weighted by Crippen LogP contribution is 2.18. The van der Waals surface area contributed by atoms with Gasteiger partial charge in [0, 0.05) is 19.3 Å². The standard InChI is InChI=1S/C17H18N4O2/c1-12-6-5-7-13-17(12)20(2)14(19-13)10-18-15(22)11-21-9-4-3-8-16(21)23/h3-9H,10-11H2,1-2H3,(H,18,22). The first-order valence-corrected chi connectivity index (χ1v) is 7.39. The topological polar surface area (TPSA) is 68.9 Å². The summed E-state index contributed by atoms with van der Waals surface area (Å²) in [4.78, 5) is 28.2. The first-order valence-electron chi connectivity index (χ1n) is 7.39. The Bertz CT molecular complexity index is 924. The predicted octanol–water partition coefficient (Wildman–Crippen LogP) is 1.36. The number of amides is 1. The van der Waals surface area contributed by atoms with Gasteiger partial charge in [-0.3, -0.25) is 9.59 Å². The number of carbonyl (C=O) groups is 1. The number of hydrogen-bond acceptors (Lipinski definition) is 3. The molecule has 0 unspecified atom stereocenters. The van der Waals surface area contributed by atoms with E-state index in [4.69, 9.17) is 0 Å². The summed E-state index contributed by atoms with van der Waals surface area (Å²) in [6.45, 7) is 2.36. The number of aromatic nitrogens is 3. The number of para-hydroxylation sites is 1. The van der Waals surface area contributed by atoms with Gasteiger partial charge in [-0.1, -0.05) is 18.2 Å². The number of benzene rings is 1. The quantitative estimate of drug-likeness (QED) is 0.791. The van der Waals surface area contributed by atoms with Crippen LogP contribution in [-0.4, -0.2) is 20.0 Å². The smallest absolute Gasteiger partial charge is 0.250 e. The minimum atomic E-state index is -0.220. The molecule has 1 aromatic carbocycles. The molecule has 0 bridgehead atoms. The van der Waals surface area contributed by atoms with Crippen molar-refractivity contribution in [1.82, 2.24) is 19.4 Å². The summed E-state index contributed by atoms with van der Waals surface area (Å²) in [6, 6.07) is 10.8. The average Bonchev–Trinajstić information content (AvgIpc) is 2.85. The van der Waals surface area contributed by atoms with Crippen LogP contribution in [0, 0.1) is 6.92 Å². The Kier molecular flexibility index (Phi) is 3.97. The summed E-state index contributed by atoms with van der Waals surface area (Å²) in [5.74, 6) is 0.560. The van der Waals surface area contributed by atoms with Crippen LogP contribution in [0.15, 0.2) is 47.4 Å². The first kappa shape index (κ1) is 15.0. The summed E-state index contributed by atoms with van der Waals surface area (Å²) >= 11 is 0. The zero-order valence-electron chi connectivity index (χ0n) is 13.1. The zero-order chi connectivity index (χ0) is 16.4. The van der Waals surface area contributed by atoms with Gasteiger partial charge in [-0.15, -0.1) is 0 Å². The number of nitrogens with one attached hydrogen (secondary N) is 1. The lowest BCUT2D eigenvalue weighted by Crippen LogP contribution is -2.32. The van der Waals surface area contributed by atoms with Gasteiger partial charge in [-0.05, 0) is 24.6 Å². The average molecular weight is 310 g/mol. The lowest BCUT2D eigenvalue weighted by molar-refractivity contribution is -0.121. The van der Waals surface area contributed by atoms with E-state index < -0.39 is 0 Å². The Hall–Kier alpha value is -2.89. The number of aryl methyl sites for hydroxylation is 2. The van der Waals surface area contributed by atoms with Crippen LogP contribution < -0.4 is 10.9 Å².